The second-order valence-corrected chi connectivity index (χ2v) is 8.13. The Morgan fingerprint density at radius 3 is 2.43 bits per heavy atom. The third-order valence-corrected chi connectivity index (χ3v) is 6.02. The number of carbonyl (C=O) groups excluding carboxylic acids is 2. The summed E-state index contributed by atoms with van der Waals surface area (Å²) in [6.45, 7) is 4.58. The largest absolute Gasteiger partial charge is 0.493 e. The summed E-state index contributed by atoms with van der Waals surface area (Å²) >= 11 is 0. The van der Waals surface area contributed by atoms with Gasteiger partial charge < -0.3 is 19.3 Å². The zero-order valence-electron chi connectivity index (χ0n) is 16.5. The lowest BCUT2D eigenvalue weighted by Crippen LogP contribution is -2.45. The van der Waals surface area contributed by atoms with Gasteiger partial charge in [0, 0.05) is 44.3 Å². The van der Waals surface area contributed by atoms with Crippen LogP contribution in [0.2, 0.25) is 0 Å². The van der Waals surface area contributed by atoms with Crippen LogP contribution in [0.1, 0.15) is 48.9 Å². The van der Waals surface area contributed by atoms with Crippen LogP contribution in [0.15, 0.2) is 24.3 Å². The fourth-order valence-electron chi connectivity index (χ4n) is 4.39. The van der Waals surface area contributed by atoms with Crippen molar-refractivity contribution in [3.8, 4) is 5.75 Å². The summed E-state index contributed by atoms with van der Waals surface area (Å²) in [6, 6.07) is 7.46. The van der Waals surface area contributed by atoms with Crippen LogP contribution in [0.25, 0.3) is 0 Å². The lowest BCUT2D eigenvalue weighted by molar-refractivity contribution is -0.143. The number of piperidine rings is 1. The fraction of sp³-hybridized carbons (Fsp3) is 0.636. The summed E-state index contributed by atoms with van der Waals surface area (Å²) in [7, 11) is 0. The van der Waals surface area contributed by atoms with E-state index in [0.29, 0.717) is 19.1 Å². The van der Waals surface area contributed by atoms with Crippen molar-refractivity contribution in [2.24, 2.45) is 5.92 Å². The summed E-state index contributed by atoms with van der Waals surface area (Å²) in [5.41, 5.74) is 0.722. The van der Waals surface area contributed by atoms with E-state index in [9.17, 15) is 9.59 Å². The van der Waals surface area contributed by atoms with Gasteiger partial charge in [-0.1, -0.05) is 0 Å². The maximum Gasteiger partial charge on any atom is 0.253 e. The first-order valence-electron chi connectivity index (χ1n) is 10.6. The van der Waals surface area contributed by atoms with Crippen molar-refractivity contribution in [3.05, 3.63) is 29.8 Å². The highest BCUT2D eigenvalue weighted by molar-refractivity contribution is 5.94. The second-order valence-electron chi connectivity index (χ2n) is 8.13. The molecule has 3 fully saturated rings. The molecule has 4 rings (SSSR count). The molecule has 0 N–H and O–H groups in total. The van der Waals surface area contributed by atoms with E-state index in [1.165, 1.54) is 0 Å². The summed E-state index contributed by atoms with van der Waals surface area (Å²) in [6.07, 6.45) is 5.87. The summed E-state index contributed by atoms with van der Waals surface area (Å²) in [5.74, 6) is 1.37. The van der Waals surface area contributed by atoms with E-state index in [1.807, 2.05) is 34.1 Å². The van der Waals surface area contributed by atoms with E-state index in [2.05, 4.69) is 0 Å². The Morgan fingerprint density at radius 2 is 1.71 bits per heavy atom. The minimum atomic E-state index is -0.236. The number of hydrogen-bond donors (Lipinski definition) is 0. The van der Waals surface area contributed by atoms with Crippen molar-refractivity contribution >= 4 is 11.8 Å². The molecule has 6 nitrogen and oxygen atoms in total. The highest BCUT2D eigenvalue weighted by atomic mass is 16.5. The molecule has 0 aromatic heterocycles. The summed E-state index contributed by atoms with van der Waals surface area (Å²) in [5, 5.41) is 0. The van der Waals surface area contributed by atoms with Gasteiger partial charge in [-0.25, -0.2) is 0 Å². The third kappa shape index (κ3) is 4.49. The molecule has 0 aliphatic carbocycles. The Bertz CT molecular complexity index is 678. The molecular formula is C22H30N2O4. The maximum atomic E-state index is 12.6. The third-order valence-electron chi connectivity index (χ3n) is 6.02. The molecule has 3 aliphatic rings. The van der Waals surface area contributed by atoms with E-state index >= 15 is 0 Å². The van der Waals surface area contributed by atoms with Gasteiger partial charge in [-0.2, -0.15) is 0 Å². The van der Waals surface area contributed by atoms with E-state index in [4.69, 9.17) is 9.47 Å². The molecule has 2 atom stereocenters. The lowest BCUT2D eigenvalue weighted by Gasteiger charge is -2.34. The first-order chi connectivity index (χ1) is 13.7. The normalized spacial score (nSPS) is 25.1. The van der Waals surface area contributed by atoms with Crippen molar-refractivity contribution in [2.75, 3.05) is 39.4 Å². The van der Waals surface area contributed by atoms with Crippen LogP contribution in [-0.2, 0) is 9.53 Å². The smallest absolute Gasteiger partial charge is 0.253 e. The molecule has 0 unspecified atom stereocenters. The van der Waals surface area contributed by atoms with Crippen LogP contribution in [0.4, 0.5) is 0 Å². The van der Waals surface area contributed by atoms with Crippen LogP contribution in [-0.4, -0.2) is 67.1 Å². The van der Waals surface area contributed by atoms with Gasteiger partial charge in [0.15, 0.2) is 0 Å². The first kappa shape index (κ1) is 19.2. The minimum absolute atomic E-state index is 0.111. The van der Waals surface area contributed by atoms with E-state index < -0.39 is 0 Å². The van der Waals surface area contributed by atoms with Gasteiger partial charge in [-0.05, 0) is 62.8 Å². The Balaban J connectivity index is 1.26. The van der Waals surface area contributed by atoms with Gasteiger partial charge in [0.05, 0.1) is 6.61 Å². The average molecular weight is 386 g/mol. The molecule has 152 valence electrons. The number of hydrogen-bond acceptors (Lipinski definition) is 4. The predicted molar refractivity (Wildman–Crippen MR) is 105 cm³/mol. The van der Waals surface area contributed by atoms with Gasteiger partial charge >= 0.3 is 0 Å². The number of benzene rings is 1. The Hall–Kier alpha value is -2.08. The molecule has 2 amide bonds. The Morgan fingerprint density at radius 1 is 0.964 bits per heavy atom. The molecular weight excluding hydrogens is 356 g/mol. The van der Waals surface area contributed by atoms with Gasteiger partial charge in [0.25, 0.3) is 11.8 Å². The SMILES string of the molecule is O=C(c1ccc(OC[C@H]2CCCN(C(=O)[C@H]3CCCO3)C2)cc1)N1CCCC1. The van der Waals surface area contributed by atoms with Crippen LogP contribution in [0.5, 0.6) is 5.75 Å². The number of amides is 2. The first-order valence-corrected chi connectivity index (χ1v) is 10.6. The lowest BCUT2D eigenvalue weighted by atomic mass is 9.98. The van der Waals surface area contributed by atoms with Crippen LogP contribution in [0.3, 0.4) is 0 Å². The number of rotatable bonds is 5. The standard InChI is InChI=1S/C22H30N2O4/c25-21(23-11-1-2-12-23)18-7-9-19(10-8-18)28-16-17-5-3-13-24(15-17)22(26)20-6-4-14-27-20/h7-10,17,20H,1-6,11-16H2/t17-,20+/m0/s1. The molecule has 0 saturated carbocycles. The molecule has 0 radical (unpaired) electrons. The molecule has 0 spiro atoms. The topological polar surface area (TPSA) is 59.1 Å². The molecule has 28 heavy (non-hydrogen) atoms. The molecule has 6 heteroatoms. The van der Waals surface area contributed by atoms with Crippen molar-refractivity contribution in [1.29, 1.82) is 0 Å². The molecule has 1 aromatic carbocycles. The summed E-state index contributed by atoms with van der Waals surface area (Å²) in [4.78, 5) is 28.8. The Kier molecular flexibility index (Phi) is 6.15. The monoisotopic (exact) mass is 386 g/mol. The van der Waals surface area contributed by atoms with Gasteiger partial charge in [-0.15, -0.1) is 0 Å². The fourth-order valence-corrected chi connectivity index (χ4v) is 4.39. The van der Waals surface area contributed by atoms with E-state index in [-0.39, 0.29) is 17.9 Å². The number of nitrogens with zero attached hydrogens (tertiary/aromatic N) is 2. The van der Waals surface area contributed by atoms with Crippen molar-refractivity contribution in [3.63, 3.8) is 0 Å². The van der Waals surface area contributed by atoms with Crippen molar-refractivity contribution < 1.29 is 19.1 Å². The van der Waals surface area contributed by atoms with Crippen LogP contribution >= 0.6 is 0 Å². The second kappa shape index (κ2) is 8.95. The molecule has 3 aliphatic heterocycles. The van der Waals surface area contributed by atoms with Crippen molar-refractivity contribution in [1.82, 2.24) is 9.80 Å². The van der Waals surface area contributed by atoms with Gasteiger partial charge in [0.2, 0.25) is 0 Å². The summed E-state index contributed by atoms with van der Waals surface area (Å²) < 4.78 is 11.5. The van der Waals surface area contributed by atoms with Crippen LogP contribution in [0, 0.1) is 5.92 Å². The van der Waals surface area contributed by atoms with E-state index in [0.717, 1.165) is 76.0 Å². The van der Waals surface area contributed by atoms with Gasteiger partial charge in [-0.3, -0.25) is 9.59 Å². The molecule has 3 heterocycles. The number of carbonyl (C=O) groups is 2. The minimum Gasteiger partial charge on any atom is -0.493 e. The number of ether oxygens (including phenoxy) is 2. The predicted octanol–water partition coefficient (Wildman–Crippen LogP) is 2.72. The molecule has 1 aromatic rings. The molecule has 0 bridgehead atoms. The highest BCUT2D eigenvalue weighted by Gasteiger charge is 2.31. The molecule has 3 saturated heterocycles. The van der Waals surface area contributed by atoms with E-state index in [1.54, 1.807) is 0 Å². The average Bonchev–Trinajstić information content (AvgIpc) is 3.46. The highest BCUT2D eigenvalue weighted by Crippen LogP contribution is 2.23. The quantitative estimate of drug-likeness (QED) is 0.781. The number of likely N-dealkylation sites (tertiary alicyclic amines) is 2. The van der Waals surface area contributed by atoms with Crippen LogP contribution < -0.4 is 4.74 Å². The van der Waals surface area contributed by atoms with Crippen molar-refractivity contribution in [2.45, 2.75) is 44.6 Å². The Labute approximate surface area is 166 Å². The van der Waals surface area contributed by atoms with Gasteiger partial charge in [0.1, 0.15) is 11.9 Å². The maximum absolute atomic E-state index is 12.6. The zero-order chi connectivity index (χ0) is 19.3. The zero-order valence-corrected chi connectivity index (χ0v) is 16.5.